The number of benzene rings is 1. The third-order valence-electron chi connectivity index (χ3n) is 4.86. The first kappa shape index (κ1) is 15.3. The van der Waals surface area contributed by atoms with Crippen molar-refractivity contribution in [3.63, 3.8) is 0 Å². The molecule has 2 N–H and O–H groups in total. The topological polar surface area (TPSA) is 56.3 Å². The van der Waals surface area contributed by atoms with E-state index < -0.39 is 23.8 Å². The van der Waals surface area contributed by atoms with Crippen LogP contribution in [-0.2, 0) is 0 Å². The van der Waals surface area contributed by atoms with Crippen LogP contribution in [0, 0.1) is 11.6 Å². The van der Waals surface area contributed by atoms with E-state index in [1.54, 1.807) is 17.2 Å². The van der Waals surface area contributed by atoms with Gasteiger partial charge in [0.05, 0.1) is 17.7 Å². The molecule has 1 saturated carbocycles. The van der Waals surface area contributed by atoms with Crippen molar-refractivity contribution >= 4 is 5.91 Å². The average molecular weight is 332 g/mol. The van der Waals surface area contributed by atoms with Crippen molar-refractivity contribution in [2.24, 2.45) is 0 Å². The predicted octanol–water partition coefficient (Wildman–Crippen LogP) is 3.12. The Hall–Kier alpha value is -2.21. The number of H-pyrrole nitrogens is 1. The van der Waals surface area contributed by atoms with E-state index in [9.17, 15) is 18.7 Å². The summed E-state index contributed by atoms with van der Waals surface area (Å²) in [4.78, 5) is 17.7. The molecule has 1 aromatic carbocycles. The summed E-state index contributed by atoms with van der Waals surface area (Å²) >= 11 is 0. The fourth-order valence-electron chi connectivity index (χ4n) is 3.51. The van der Waals surface area contributed by atoms with Crippen LogP contribution in [0.25, 0.3) is 0 Å². The molecule has 4 rings (SSSR count). The number of β-amino-alcohol motifs (C(OH)–C–C–N with tert-alkyl or cyclic N) is 1. The van der Waals surface area contributed by atoms with E-state index in [-0.39, 0.29) is 12.5 Å². The molecule has 0 spiro atoms. The lowest BCUT2D eigenvalue weighted by Crippen LogP contribution is -2.32. The zero-order chi connectivity index (χ0) is 16.8. The van der Waals surface area contributed by atoms with E-state index in [1.807, 2.05) is 0 Å². The van der Waals surface area contributed by atoms with Crippen molar-refractivity contribution in [3.8, 4) is 0 Å². The highest BCUT2D eigenvalue weighted by Crippen LogP contribution is 2.42. The Morgan fingerprint density at radius 1 is 1.21 bits per heavy atom. The number of aromatic amines is 1. The van der Waals surface area contributed by atoms with Crippen LogP contribution in [0.5, 0.6) is 0 Å². The number of hydrogen-bond donors (Lipinski definition) is 2. The van der Waals surface area contributed by atoms with Gasteiger partial charge in [-0.1, -0.05) is 6.07 Å². The van der Waals surface area contributed by atoms with Gasteiger partial charge >= 0.3 is 0 Å². The molecule has 0 unspecified atom stereocenters. The molecule has 1 aliphatic carbocycles. The molecule has 1 amide bonds. The number of aromatic nitrogens is 1. The number of aliphatic hydroxyl groups excluding tert-OH is 1. The Morgan fingerprint density at radius 3 is 2.71 bits per heavy atom. The van der Waals surface area contributed by atoms with Crippen LogP contribution in [0.15, 0.2) is 30.5 Å². The number of rotatable bonds is 3. The van der Waals surface area contributed by atoms with Crippen molar-refractivity contribution < 1.29 is 18.7 Å². The highest BCUT2D eigenvalue weighted by Gasteiger charge is 2.38. The number of nitrogens with one attached hydrogen (secondary N) is 1. The van der Waals surface area contributed by atoms with E-state index in [1.165, 1.54) is 6.07 Å². The molecule has 24 heavy (non-hydrogen) atoms. The summed E-state index contributed by atoms with van der Waals surface area (Å²) < 4.78 is 26.7. The van der Waals surface area contributed by atoms with Gasteiger partial charge in [0.1, 0.15) is 0 Å². The van der Waals surface area contributed by atoms with Gasteiger partial charge in [0.25, 0.3) is 5.91 Å². The van der Waals surface area contributed by atoms with Gasteiger partial charge in [-0.15, -0.1) is 0 Å². The maximum absolute atomic E-state index is 13.6. The lowest BCUT2D eigenvalue weighted by Gasteiger charge is -2.25. The fraction of sp³-hybridized carbons (Fsp3) is 0.389. The lowest BCUT2D eigenvalue weighted by atomic mass is 10.0. The Labute approximate surface area is 138 Å². The van der Waals surface area contributed by atoms with Gasteiger partial charge in [0, 0.05) is 18.4 Å². The third kappa shape index (κ3) is 2.60. The first-order chi connectivity index (χ1) is 11.5. The fourth-order valence-corrected chi connectivity index (χ4v) is 3.51. The molecule has 1 saturated heterocycles. The number of carbonyl (C=O) groups is 1. The minimum Gasteiger partial charge on any atom is -0.391 e. The highest BCUT2D eigenvalue weighted by atomic mass is 19.2. The van der Waals surface area contributed by atoms with Crippen molar-refractivity contribution in [2.45, 2.75) is 37.3 Å². The van der Waals surface area contributed by atoms with Crippen LogP contribution in [0.2, 0.25) is 0 Å². The molecule has 126 valence electrons. The van der Waals surface area contributed by atoms with Crippen molar-refractivity contribution in [2.75, 3.05) is 6.54 Å². The molecule has 0 bridgehead atoms. The minimum atomic E-state index is -0.943. The molecule has 6 heteroatoms. The van der Waals surface area contributed by atoms with Crippen LogP contribution in [-0.4, -0.2) is 33.5 Å². The summed E-state index contributed by atoms with van der Waals surface area (Å²) in [5.74, 6) is -1.64. The summed E-state index contributed by atoms with van der Waals surface area (Å²) in [6.07, 6.45) is 3.53. The Bertz CT molecular complexity index is 785. The summed E-state index contributed by atoms with van der Waals surface area (Å²) in [6.45, 7) is 0.192. The van der Waals surface area contributed by atoms with Gasteiger partial charge in [0.2, 0.25) is 0 Å². The molecule has 1 aliphatic heterocycles. The molecule has 2 aromatic rings. The van der Waals surface area contributed by atoms with E-state index in [4.69, 9.17) is 0 Å². The Morgan fingerprint density at radius 2 is 2.00 bits per heavy atom. The minimum absolute atomic E-state index is 0.176. The third-order valence-corrected chi connectivity index (χ3v) is 4.86. The molecule has 2 aliphatic rings. The summed E-state index contributed by atoms with van der Waals surface area (Å²) in [5, 5.41) is 10.0. The first-order valence-corrected chi connectivity index (χ1v) is 8.16. The van der Waals surface area contributed by atoms with Crippen molar-refractivity contribution in [1.82, 2.24) is 9.88 Å². The quantitative estimate of drug-likeness (QED) is 0.907. The average Bonchev–Trinajstić information content (AvgIpc) is 3.15. The van der Waals surface area contributed by atoms with Gasteiger partial charge in [-0.2, -0.15) is 0 Å². The van der Waals surface area contributed by atoms with Crippen LogP contribution >= 0.6 is 0 Å². The maximum atomic E-state index is 13.6. The van der Waals surface area contributed by atoms with E-state index in [0.29, 0.717) is 23.5 Å². The molecule has 2 heterocycles. The smallest absolute Gasteiger partial charge is 0.256 e. The number of hydrogen-bond acceptors (Lipinski definition) is 2. The van der Waals surface area contributed by atoms with Crippen LogP contribution in [0.1, 0.15) is 52.8 Å². The SMILES string of the molecule is O=C(c1cc[nH]c1C1CC1)N1C[C@@H](O)C[C@H]1c1ccc(F)c(F)c1. The second-order valence-electron chi connectivity index (χ2n) is 6.62. The van der Waals surface area contributed by atoms with Crippen LogP contribution < -0.4 is 0 Å². The van der Waals surface area contributed by atoms with Gasteiger partial charge in [0.15, 0.2) is 11.6 Å². The second-order valence-corrected chi connectivity index (χ2v) is 6.62. The molecule has 0 radical (unpaired) electrons. The first-order valence-electron chi connectivity index (χ1n) is 8.16. The number of nitrogens with zero attached hydrogens (tertiary/aromatic N) is 1. The Balaban J connectivity index is 1.65. The number of carbonyl (C=O) groups excluding carboxylic acids is 1. The van der Waals surface area contributed by atoms with Gasteiger partial charge in [-0.3, -0.25) is 4.79 Å². The Kier molecular flexibility index (Phi) is 3.64. The van der Waals surface area contributed by atoms with Crippen LogP contribution in [0.3, 0.4) is 0 Å². The molecular weight excluding hydrogens is 314 g/mol. The number of likely N-dealkylation sites (tertiary alicyclic amines) is 1. The predicted molar refractivity (Wildman–Crippen MR) is 83.5 cm³/mol. The highest BCUT2D eigenvalue weighted by molar-refractivity contribution is 5.96. The standard InChI is InChI=1S/C18H18F2N2O2/c19-14-4-3-11(7-15(14)20)16-8-12(23)9-22(16)18(24)13-5-6-21-17(13)10-1-2-10/h3-7,10,12,16,21,23H,1-2,8-9H2/t12-,16-/m0/s1. The maximum Gasteiger partial charge on any atom is 0.256 e. The second kappa shape index (κ2) is 5.70. The molecule has 2 fully saturated rings. The van der Waals surface area contributed by atoms with Gasteiger partial charge in [-0.25, -0.2) is 8.78 Å². The van der Waals surface area contributed by atoms with Gasteiger partial charge < -0.3 is 15.0 Å². The summed E-state index contributed by atoms with van der Waals surface area (Å²) in [7, 11) is 0. The lowest BCUT2D eigenvalue weighted by molar-refractivity contribution is 0.0714. The van der Waals surface area contributed by atoms with Crippen molar-refractivity contribution in [1.29, 1.82) is 0 Å². The zero-order valence-electron chi connectivity index (χ0n) is 13.0. The van der Waals surface area contributed by atoms with E-state index >= 15 is 0 Å². The van der Waals surface area contributed by atoms with E-state index in [2.05, 4.69) is 4.98 Å². The normalized spacial score (nSPS) is 23.7. The van der Waals surface area contributed by atoms with Crippen LogP contribution in [0.4, 0.5) is 8.78 Å². The number of halogens is 2. The van der Waals surface area contributed by atoms with Crippen molar-refractivity contribution in [3.05, 3.63) is 58.9 Å². The van der Waals surface area contributed by atoms with Gasteiger partial charge in [-0.05, 0) is 48.9 Å². The largest absolute Gasteiger partial charge is 0.391 e. The molecular formula is C18H18F2N2O2. The van der Waals surface area contributed by atoms with E-state index in [0.717, 1.165) is 30.7 Å². The number of aliphatic hydroxyl groups is 1. The summed E-state index contributed by atoms with van der Waals surface area (Å²) in [5.41, 5.74) is 2.05. The molecule has 4 nitrogen and oxygen atoms in total. The zero-order valence-corrected chi connectivity index (χ0v) is 13.0. The number of amides is 1. The molecule has 2 atom stereocenters. The summed E-state index contributed by atoms with van der Waals surface area (Å²) in [6, 6.07) is 4.94. The molecule has 1 aromatic heterocycles. The monoisotopic (exact) mass is 332 g/mol.